The van der Waals surface area contributed by atoms with Gasteiger partial charge in [0.05, 0.1) is 23.0 Å². The summed E-state index contributed by atoms with van der Waals surface area (Å²) in [7, 11) is 0. The molecule has 0 spiro atoms. The lowest BCUT2D eigenvalue weighted by Crippen LogP contribution is -2.31. The normalized spacial score (nSPS) is 18.8. The first-order valence-electron chi connectivity index (χ1n) is 8.68. The zero-order valence-electron chi connectivity index (χ0n) is 15.0. The third kappa shape index (κ3) is 2.72. The third-order valence-electron chi connectivity index (χ3n) is 4.69. The van der Waals surface area contributed by atoms with E-state index in [4.69, 9.17) is 4.74 Å². The highest BCUT2D eigenvalue weighted by molar-refractivity contribution is 14.1. The molecule has 1 fully saturated rings. The van der Waals surface area contributed by atoms with Gasteiger partial charge in [-0.3, -0.25) is 9.36 Å². The summed E-state index contributed by atoms with van der Waals surface area (Å²) < 4.78 is 8.35. The van der Waals surface area contributed by atoms with Gasteiger partial charge in [0.15, 0.2) is 5.69 Å². The monoisotopic (exact) mass is 461 g/mol. The Bertz CT molecular complexity index is 913. The number of carbonyl (C=O) groups is 2. The molecule has 0 saturated carbocycles. The number of benzene rings is 1. The number of hydrogen-bond donors (Lipinski definition) is 0. The van der Waals surface area contributed by atoms with E-state index >= 15 is 0 Å². The minimum atomic E-state index is -0.600. The van der Waals surface area contributed by atoms with Gasteiger partial charge in [-0.05, 0) is 68.3 Å². The first kappa shape index (κ1) is 17.5. The number of rotatable bonds is 1. The van der Waals surface area contributed by atoms with E-state index in [1.807, 2.05) is 48.4 Å². The second-order valence-corrected chi connectivity index (χ2v) is 8.80. The van der Waals surface area contributed by atoms with Crippen LogP contribution in [0.5, 0.6) is 0 Å². The Hall–Kier alpha value is -1.90. The van der Waals surface area contributed by atoms with Gasteiger partial charge in [-0.15, -0.1) is 0 Å². The van der Waals surface area contributed by atoms with Crippen LogP contribution in [0.4, 0.5) is 0 Å². The summed E-state index contributed by atoms with van der Waals surface area (Å²) >= 11 is 2.19. The predicted octanol–water partition coefficient (Wildman–Crippen LogP) is 3.72. The van der Waals surface area contributed by atoms with Crippen LogP contribution in [0.3, 0.4) is 0 Å². The molecule has 0 N–H and O–H groups in total. The molecule has 0 unspecified atom stereocenters. The second-order valence-electron chi connectivity index (χ2n) is 7.64. The smallest absolute Gasteiger partial charge is 0.359 e. The van der Waals surface area contributed by atoms with E-state index in [0.29, 0.717) is 17.8 Å². The molecular formula is C19H20IN3O3. The maximum Gasteiger partial charge on any atom is 0.359 e. The fraction of sp³-hybridized carbons (Fsp3) is 0.421. The molecule has 3 heterocycles. The summed E-state index contributed by atoms with van der Waals surface area (Å²) in [6.07, 6.45) is 3.37. The van der Waals surface area contributed by atoms with Gasteiger partial charge in [0.25, 0.3) is 5.91 Å². The van der Waals surface area contributed by atoms with E-state index in [-0.39, 0.29) is 11.9 Å². The molecule has 1 amide bonds. The Kier molecular flexibility index (Phi) is 4.09. The van der Waals surface area contributed by atoms with E-state index < -0.39 is 11.6 Å². The lowest BCUT2D eigenvalue weighted by atomic mass is 10.1. The van der Waals surface area contributed by atoms with E-state index in [2.05, 4.69) is 27.6 Å². The van der Waals surface area contributed by atoms with Gasteiger partial charge >= 0.3 is 5.97 Å². The molecule has 1 aromatic heterocycles. The number of aromatic nitrogens is 2. The quantitative estimate of drug-likeness (QED) is 0.480. The van der Waals surface area contributed by atoms with E-state index in [1.54, 1.807) is 6.33 Å². The number of esters is 1. The van der Waals surface area contributed by atoms with Crippen LogP contribution in [0.25, 0.3) is 5.69 Å². The van der Waals surface area contributed by atoms with Crippen molar-refractivity contribution in [1.29, 1.82) is 0 Å². The summed E-state index contributed by atoms with van der Waals surface area (Å²) in [5.74, 6) is -0.425. The molecule has 1 aromatic carbocycles. The summed E-state index contributed by atoms with van der Waals surface area (Å²) in [6, 6.07) is 5.60. The van der Waals surface area contributed by atoms with Crippen LogP contribution in [-0.4, -0.2) is 38.5 Å². The lowest BCUT2D eigenvalue weighted by Gasteiger charge is -2.24. The zero-order chi connectivity index (χ0) is 18.6. The van der Waals surface area contributed by atoms with Crippen LogP contribution in [0.2, 0.25) is 0 Å². The number of hydrogen-bond acceptors (Lipinski definition) is 4. The molecule has 7 heteroatoms. The first-order valence-corrected chi connectivity index (χ1v) is 9.76. The van der Waals surface area contributed by atoms with Crippen LogP contribution >= 0.6 is 22.6 Å². The first-order chi connectivity index (χ1) is 12.3. The van der Waals surface area contributed by atoms with Crippen LogP contribution in [0, 0.1) is 3.57 Å². The van der Waals surface area contributed by atoms with Gasteiger partial charge in [0, 0.05) is 10.1 Å². The van der Waals surface area contributed by atoms with E-state index in [0.717, 1.165) is 27.8 Å². The van der Waals surface area contributed by atoms with Gasteiger partial charge < -0.3 is 9.64 Å². The Labute approximate surface area is 165 Å². The van der Waals surface area contributed by atoms with Gasteiger partial charge in [-0.25, -0.2) is 9.78 Å². The molecule has 1 atom stereocenters. The molecule has 6 nitrogen and oxygen atoms in total. The summed E-state index contributed by atoms with van der Waals surface area (Å²) in [5.41, 5.74) is 1.90. The van der Waals surface area contributed by atoms with Gasteiger partial charge in [-0.1, -0.05) is 6.07 Å². The Morgan fingerprint density at radius 2 is 2.12 bits per heavy atom. The molecule has 136 valence electrons. The van der Waals surface area contributed by atoms with E-state index in [1.165, 1.54) is 0 Å². The Balaban J connectivity index is 1.93. The maximum atomic E-state index is 13.2. The molecule has 26 heavy (non-hydrogen) atoms. The lowest BCUT2D eigenvalue weighted by molar-refractivity contribution is 0.00596. The van der Waals surface area contributed by atoms with E-state index in [9.17, 15) is 9.59 Å². The van der Waals surface area contributed by atoms with Crippen molar-refractivity contribution in [2.24, 2.45) is 0 Å². The molecule has 2 aromatic rings. The number of fused-ring (bicyclic) bond motifs is 5. The highest BCUT2D eigenvalue weighted by atomic mass is 123. The number of amides is 1. The van der Waals surface area contributed by atoms with Crippen molar-refractivity contribution in [2.75, 3.05) is 6.54 Å². The minimum absolute atomic E-state index is 0.0198. The molecule has 0 aliphatic carbocycles. The molecule has 1 saturated heterocycles. The number of ether oxygens (including phenoxy) is 1. The molecule has 2 aliphatic rings. The van der Waals surface area contributed by atoms with Crippen LogP contribution in [0.15, 0.2) is 24.5 Å². The largest absolute Gasteiger partial charge is 0.455 e. The average molecular weight is 461 g/mol. The van der Waals surface area contributed by atoms with Crippen LogP contribution in [-0.2, 0) is 4.74 Å². The van der Waals surface area contributed by atoms with Gasteiger partial charge in [0.2, 0.25) is 0 Å². The van der Waals surface area contributed by atoms with Gasteiger partial charge in [0.1, 0.15) is 11.9 Å². The van der Waals surface area contributed by atoms with Crippen molar-refractivity contribution in [3.8, 4) is 5.69 Å². The molecule has 0 radical (unpaired) electrons. The number of imidazole rings is 1. The van der Waals surface area contributed by atoms with Crippen molar-refractivity contribution in [2.45, 2.75) is 45.3 Å². The molecule has 2 aliphatic heterocycles. The third-order valence-corrected chi connectivity index (χ3v) is 5.59. The average Bonchev–Trinajstić information content (AvgIpc) is 3.17. The molecule has 4 rings (SSSR count). The topological polar surface area (TPSA) is 64.4 Å². The van der Waals surface area contributed by atoms with Crippen molar-refractivity contribution in [1.82, 2.24) is 14.5 Å². The van der Waals surface area contributed by atoms with Gasteiger partial charge in [-0.2, -0.15) is 0 Å². The molecular weight excluding hydrogens is 441 g/mol. The van der Waals surface area contributed by atoms with Crippen LogP contribution < -0.4 is 0 Å². The number of carbonyl (C=O) groups excluding carboxylic acids is 2. The van der Waals surface area contributed by atoms with Crippen molar-refractivity contribution < 1.29 is 14.3 Å². The highest BCUT2D eigenvalue weighted by Crippen LogP contribution is 2.40. The Morgan fingerprint density at radius 3 is 2.85 bits per heavy atom. The predicted molar refractivity (Wildman–Crippen MR) is 104 cm³/mol. The second kappa shape index (κ2) is 6.07. The standard InChI is InChI=1S/C19H20IN3O3/c1-19(2,3)26-18(25)15-16-13-8-5-9-22(13)17(24)14-11(20)6-4-7-12(14)23(16)10-21-15/h4,6-7,10,13H,5,8-9H2,1-3H3/t13-/m1/s1/i20-4. The SMILES string of the molecule is CC(C)(C)OC(=O)c1ncn2c1[C@H]1CCCN1C(=O)c1c([123I])cccc1-2. The fourth-order valence-corrected chi connectivity index (χ4v) is 4.43. The highest BCUT2D eigenvalue weighted by Gasteiger charge is 2.41. The summed E-state index contributed by atoms with van der Waals surface area (Å²) in [4.78, 5) is 32.2. The number of halogens is 1. The van der Waals surface area contributed by atoms with Crippen molar-refractivity contribution in [3.05, 3.63) is 45.0 Å². The van der Waals surface area contributed by atoms with Crippen molar-refractivity contribution in [3.63, 3.8) is 0 Å². The number of nitrogens with zero attached hydrogens (tertiary/aromatic N) is 3. The summed E-state index contributed by atoms with van der Waals surface area (Å²) in [5, 5.41) is 0. The Morgan fingerprint density at radius 1 is 1.35 bits per heavy atom. The maximum absolute atomic E-state index is 13.2. The summed E-state index contributed by atoms with van der Waals surface area (Å²) in [6.45, 7) is 6.20. The van der Waals surface area contributed by atoms with Crippen molar-refractivity contribution >= 4 is 34.5 Å². The fourth-order valence-electron chi connectivity index (χ4n) is 3.71. The zero-order valence-corrected chi connectivity index (χ0v) is 17.1. The van der Waals surface area contributed by atoms with Crippen LogP contribution in [0.1, 0.15) is 66.2 Å². The molecule has 0 bridgehead atoms. The minimum Gasteiger partial charge on any atom is -0.455 e.